The molecule has 0 bridgehead atoms. The van der Waals surface area contributed by atoms with Crippen molar-refractivity contribution in [2.24, 2.45) is 0 Å². The molecule has 108 valence electrons. The molecule has 0 radical (unpaired) electrons. The van der Waals surface area contributed by atoms with Crippen molar-refractivity contribution in [3.8, 4) is 17.2 Å². The second-order valence-corrected chi connectivity index (χ2v) is 4.34. The molecule has 21 heavy (non-hydrogen) atoms. The number of esters is 1. The molecule has 0 fully saturated rings. The van der Waals surface area contributed by atoms with Gasteiger partial charge < -0.3 is 20.1 Å². The van der Waals surface area contributed by atoms with Crippen molar-refractivity contribution in [2.45, 2.75) is 0 Å². The SMILES string of the molecule is COC(=O)c1ccc(/C=C/c2cc(O)ccc2O)cc1O. The fourth-order valence-electron chi connectivity index (χ4n) is 1.80. The van der Waals surface area contributed by atoms with E-state index in [1.165, 1.54) is 37.4 Å². The highest BCUT2D eigenvalue weighted by Crippen LogP contribution is 2.25. The molecule has 0 aliphatic heterocycles. The maximum absolute atomic E-state index is 11.3. The molecular formula is C16H14O5. The number of benzene rings is 2. The quantitative estimate of drug-likeness (QED) is 0.459. The van der Waals surface area contributed by atoms with Gasteiger partial charge >= 0.3 is 5.97 Å². The Hall–Kier alpha value is -2.95. The van der Waals surface area contributed by atoms with Gasteiger partial charge in [-0.05, 0) is 35.9 Å². The zero-order valence-electron chi connectivity index (χ0n) is 11.3. The topological polar surface area (TPSA) is 87.0 Å². The number of phenolic OH excluding ortho intramolecular Hbond substituents is 3. The van der Waals surface area contributed by atoms with Crippen LogP contribution in [0.3, 0.4) is 0 Å². The van der Waals surface area contributed by atoms with Crippen LogP contribution in [-0.2, 0) is 4.74 Å². The number of hydrogen-bond acceptors (Lipinski definition) is 5. The van der Waals surface area contributed by atoms with Gasteiger partial charge in [-0.25, -0.2) is 4.79 Å². The van der Waals surface area contributed by atoms with Gasteiger partial charge in [-0.15, -0.1) is 0 Å². The Morgan fingerprint density at radius 3 is 2.43 bits per heavy atom. The molecule has 2 aromatic rings. The molecule has 3 N–H and O–H groups in total. The van der Waals surface area contributed by atoms with Crippen molar-refractivity contribution < 1.29 is 24.9 Å². The predicted molar refractivity (Wildman–Crippen MR) is 78.1 cm³/mol. The largest absolute Gasteiger partial charge is 0.508 e. The van der Waals surface area contributed by atoms with Crippen LogP contribution in [0.1, 0.15) is 21.5 Å². The van der Waals surface area contributed by atoms with E-state index in [9.17, 15) is 20.1 Å². The smallest absolute Gasteiger partial charge is 0.341 e. The highest BCUT2D eigenvalue weighted by molar-refractivity contribution is 5.92. The third kappa shape index (κ3) is 3.33. The Bertz CT molecular complexity index is 704. The molecule has 0 heterocycles. The summed E-state index contributed by atoms with van der Waals surface area (Å²) in [7, 11) is 1.24. The van der Waals surface area contributed by atoms with Gasteiger partial charge in [0, 0.05) is 5.56 Å². The van der Waals surface area contributed by atoms with E-state index in [0.717, 1.165) is 0 Å². The lowest BCUT2D eigenvalue weighted by atomic mass is 10.1. The highest BCUT2D eigenvalue weighted by Gasteiger charge is 2.10. The summed E-state index contributed by atoms with van der Waals surface area (Å²) in [6.45, 7) is 0. The van der Waals surface area contributed by atoms with Gasteiger partial charge in [-0.1, -0.05) is 18.2 Å². The van der Waals surface area contributed by atoms with Crippen molar-refractivity contribution in [3.63, 3.8) is 0 Å². The molecule has 0 unspecified atom stereocenters. The second kappa shape index (κ2) is 6.00. The van der Waals surface area contributed by atoms with Crippen molar-refractivity contribution in [1.29, 1.82) is 0 Å². The molecule has 2 rings (SSSR count). The van der Waals surface area contributed by atoms with E-state index in [2.05, 4.69) is 4.74 Å². The number of ether oxygens (including phenoxy) is 1. The molecule has 0 spiro atoms. The lowest BCUT2D eigenvalue weighted by Crippen LogP contribution is -2.01. The Balaban J connectivity index is 2.28. The summed E-state index contributed by atoms with van der Waals surface area (Å²) < 4.78 is 4.54. The summed E-state index contributed by atoms with van der Waals surface area (Å²) in [6, 6.07) is 8.65. The van der Waals surface area contributed by atoms with Crippen LogP contribution in [0.4, 0.5) is 0 Å². The van der Waals surface area contributed by atoms with Gasteiger partial charge in [0.2, 0.25) is 0 Å². The summed E-state index contributed by atoms with van der Waals surface area (Å²) in [5, 5.41) is 28.8. The number of phenols is 3. The van der Waals surface area contributed by atoms with E-state index >= 15 is 0 Å². The Morgan fingerprint density at radius 1 is 1.00 bits per heavy atom. The molecule has 0 atom stereocenters. The first-order valence-corrected chi connectivity index (χ1v) is 6.12. The van der Waals surface area contributed by atoms with E-state index in [-0.39, 0.29) is 22.8 Å². The van der Waals surface area contributed by atoms with E-state index < -0.39 is 5.97 Å². The van der Waals surface area contributed by atoms with Crippen LogP contribution in [0.25, 0.3) is 12.2 Å². The first-order valence-electron chi connectivity index (χ1n) is 6.12. The number of carbonyl (C=O) groups excluding carboxylic acids is 1. The summed E-state index contributed by atoms with van der Waals surface area (Å²) >= 11 is 0. The molecule has 0 saturated heterocycles. The van der Waals surface area contributed by atoms with Gasteiger partial charge in [0.1, 0.15) is 22.8 Å². The molecule has 0 aliphatic rings. The van der Waals surface area contributed by atoms with Gasteiger partial charge in [-0.3, -0.25) is 0 Å². The van der Waals surface area contributed by atoms with E-state index in [0.29, 0.717) is 11.1 Å². The van der Waals surface area contributed by atoms with Gasteiger partial charge in [-0.2, -0.15) is 0 Å². The third-order valence-corrected chi connectivity index (χ3v) is 2.89. The van der Waals surface area contributed by atoms with Gasteiger partial charge in [0.25, 0.3) is 0 Å². The fraction of sp³-hybridized carbons (Fsp3) is 0.0625. The zero-order valence-corrected chi connectivity index (χ0v) is 11.3. The minimum Gasteiger partial charge on any atom is -0.508 e. The normalized spacial score (nSPS) is 10.7. The first kappa shape index (κ1) is 14.5. The predicted octanol–water partition coefficient (Wildman–Crippen LogP) is 2.76. The van der Waals surface area contributed by atoms with E-state index in [1.54, 1.807) is 18.2 Å². The number of hydrogen-bond donors (Lipinski definition) is 3. The zero-order chi connectivity index (χ0) is 15.4. The Morgan fingerprint density at radius 2 is 1.76 bits per heavy atom. The molecular weight excluding hydrogens is 272 g/mol. The molecule has 0 aromatic heterocycles. The lowest BCUT2D eigenvalue weighted by Gasteiger charge is -2.04. The Kier molecular flexibility index (Phi) is 4.13. The number of methoxy groups -OCH3 is 1. The summed E-state index contributed by atoms with van der Waals surface area (Å²) in [4.78, 5) is 11.3. The van der Waals surface area contributed by atoms with Crippen LogP contribution in [0.15, 0.2) is 36.4 Å². The van der Waals surface area contributed by atoms with E-state index in [1.807, 2.05) is 0 Å². The summed E-state index contributed by atoms with van der Waals surface area (Å²) in [5.41, 5.74) is 1.14. The van der Waals surface area contributed by atoms with E-state index in [4.69, 9.17) is 0 Å². The van der Waals surface area contributed by atoms with Crippen LogP contribution in [0.5, 0.6) is 17.2 Å². The van der Waals surface area contributed by atoms with Crippen LogP contribution in [-0.4, -0.2) is 28.4 Å². The maximum Gasteiger partial charge on any atom is 0.341 e. The molecule has 2 aromatic carbocycles. The maximum atomic E-state index is 11.3. The molecule has 5 nitrogen and oxygen atoms in total. The Labute approximate surface area is 121 Å². The van der Waals surface area contributed by atoms with Gasteiger partial charge in [0.05, 0.1) is 7.11 Å². The lowest BCUT2D eigenvalue weighted by molar-refractivity contribution is 0.0597. The van der Waals surface area contributed by atoms with Crippen molar-refractivity contribution >= 4 is 18.1 Å². The molecule has 0 amide bonds. The van der Waals surface area contributed by atoms with Crippen LogP contribution < -0.4 is 0 Å². The van der Waals surface area contributed by atoms with Crippen LogP contribution in [0, 0.1) is 0 Å². The second-order valence-electron chi connectivity index (χ2n) is 4.34. The number of carbonyl (C=O) groups is 1. The summed E-state index contributed by atoms with van der Waals surface area (Å²) in [6.07, 6.45) is 3.22. The van der Waals surface area contributed by atoms with Crippen LogP contribution in [0.2, 0.25) is 0 Å². The minimum absolute atomic E-state index is 0.0273. The number of rotatable bonds is 3. The third-order valence-electron chi connectivity index (χ3n) is 2.89. The van der Waals surface area contributed by atoms with Crippen molar-refractivity contribution in [3.05, 3.63) is 53.1 Å². The van der Waals surface area contributed by atoms with Crippen LogP contribution >= 0.6 is 0 Å². The fourth-order valence-corrected chi connectivity index (χ4v) is 1.80. The average molecular weight is 286 g/mol. The average Bonchev–Trinajstić information content (AvgIpc) is 2.47. The molecule has 5 heteroatoms. The van der Waals surface area contributed by atoms with Gasteiger partial charge in [0.15, 0.2) is 0 Å². The highest BCUT2D eigenvalue weighted by atomic mass is 16.5. The van der Waals surface area contributed by atoms with Crippen molar-refractivity contribution in [1.82, 2.24) is 0 Å². The van der Waals surface area contributed by atoms with Crippen molar-refractivity contribution in [2.75, 3.05) is 7.11 Å². The summed E-state index contributed by atoms with van der Waals surface area (Å²) in [5.74, 6) is -0.742. The molecule has 0 saturated carbocycles. The number of aromatic hydroxyl groups is 3. The monoisotopic (exact) mass is 286 g/mol. The minimum atomic E-state index is -0.617. The molecule has 0 aliphatic carbocycles. The standard InChI is InChI=1S/C16H14O5/c1-21-16(20)13-6-3-10(8-15(13)19)2-4-11-9-12(17)5-7-14(11)18/h2-9,17-19H,1H3/b4-2+. The first-order chi connectivity index (χ1) is 10.0.